The van der Waals surface area contributed by atoms with E-state index in [0.29, 0.717) is 5.57 Å². The molecule has 0 unspecified atom stereocenters. The van der Waals surface area contributed by atoms with Gasteiger partial charge in [-0.3, -0.25) is 4.79 Å². The molecule has 0 bridgehead atoms. The van der Waals surface area contributed by atoms with Crippen molar-refractivity contribution in [1.82, 2.24) is 4.90 Å². The van der Waals surface area contributed by atoms with Crippen LogP contribution in [0.3, 0.4) is 0 Å². The van der Waals surface area contributed by atoms with Gasteiger partial charge in [-0.1, -0.05) is 19.9 Å². The number of primary amides is 1. The lowest BCUT2D eigenvalue weighted by Gasteiger charge is -2.27. The summed E-state index contributed by atoms with van der Waals surface area (Å²) in [6.07, 6.45) is 2.80. The van der Waals surface area contributed by atoms with E-state index in [1.165, 1.54) is 0 Å². The molecule has 1 amide bonds. The first-order valence-corrected chi connectivity index (χ1v) is 4.86. The van der Waals surface area contributed by atoms with Gasteiger partial charge in [-0.2, -0.15) is 0 Å². The lowest BCUT2D eigenvalue weighted by atomic mass is 9.88. The predicted molar refractivity (Wildman–Crippen MR) is 59.9 cm³/mol. The number of carbonyl (C=O) groups is 1. The summed E-state index contributed by atoms with van der Waals surface area (Å²) in [5, 5.41) is 0. The minimum absolute atomic E-state index is 0.181. The van der Waals surface area contributed by atoms with Crippen molar-refractivity contribution in [3.8, 4) is 0 Å². The highest BCUT2D eigenvalue weighted by Crippen LogP contribution is 2.22. The minimum atomic E-state index is -0.328. The molecule has 0 aliphatic heterocycles. The number of carbonyl (C=O) groups excluding carboxylic acids is 1. The fourth-order valence-corrected chi connectivity index (χ4v) is 1.45. The molecule has 0 spiro atoms. The SMILES string of the molecule is CC(=CCC(C)(C)CN(C)C)C(N)=O. The smallest absolute Gasteiger partial charge is 0.244 e. The topological polar surface area (TPSA) is 46.3 Å². The molecule has 3 nitrogen and oxygen atoms in total. The molecule has 14 heavy (non-hydrogen) atoms. The van der Waals surface area contributed by atoms with Crippen molar-refractivity contribution >= 4 is 5.91 Å². The largest absolute Gasteiger partial charge is 0.366 e. The van der Waals surface area contributed by atoms with Gasteiger partial charge in [-0.05, 0) is 32.9 Å². The number of rotatable bonds is 5. The van der Waals surface area contributed by atoms with Crippen LogP contribution in [0.15, 0.2) is 11.6 Å². The van der Waals surface area contributed by atoms with Crippen molar-refractivity contribution in [2.75, 3.05) is 20.6 Å². The van der Waals surface area contributed by atoms with Crippen LogP contribution in [0.2, 0.25) is 0 Å². The fraction of sp³-hybridized carbons (Fsp3) is 0.727. The third-order valence-electron chi connectivity index (χ3n) is 2.09. The van der Waals surface area contributed by atoms with E-state index in [-0.39, 0.29) is 11.3 Å². The lowest BCUT2D eigenvalue weighted by molar-refractivity contribution is -0.114. The van der Waals surface area contributed by atoms with Gasteiger partial charge >= 0.3 is 0 Å². The van der Waals surface area contributed by atoms with Crippen LogP contribution in [0.4, 0.5) is 0 Å². The number of hydrogen-bond acceptors (Lipinski definition) is 2. The van der Waals surface area contributed by atoms with E-state index in [1.807, 2.05) is 20.2 Å². The molecular weight excluding hydrogens is 176 g/mol. The first-order valence-electron chi connectivity index (χ1n) is 4.86. The van der Waals surface area contributed by atoms with Gasteiger partial charge < -0.3 is 10.6 Å². The third-order valence-corrected chi connectivity index (χ3v) is 2.09. The fourth-order valence-electron chi connectivity index (χ4n) is 1.45. The zero-order valence-electron chi connectivity index (χ0n) is 9.92. The van der Waals surface area contributed by atoms with E-state index in [9.17, 15) is 4.79 Å². The number of hydrogen-bond donors (Lipinski definition) is 1. The highest BCUT2D eigenvalue weighted by molar-refractivity contribution is 5.91. The molecular formula is C11H22N2O. The predicted octanol–water partition coefficient (Wildman–Crippen LogP) is 1.40. The highest BCUT2D eigenvalue weighted by Gasteiger charge is 2.17. The summed E-state index contributed by atoms with van der Waals surface area (Å²) in [6.45, 7) is 7.11. The van der Waals surface area contributed by atoms with Crippen LogP contribution in [0, 0.1) is 5.41 Å². The molecule has 0 aromatic rings. The maximum atomic E-state index is 10.8. The summed E-state index contributed by atoms with van der Waals surface area (Å²) >= 11 is 0. The zero-order chi connectivity index (χ0) is 11.4. The van der Waals surface area contributed by atoms with Crippen LogP contribution in [0.25, 0.3) is 0 Å². The Morgan fingerprint density at radius 2 is 1.93 bits per heavy atom. The van der Waals surface area contributed by atoms with Crippen LogP contribution in [-0.2, 0) is 4.79 Å². The van der Waals surface area contributed by atoms with E-state index in [0.717, 1.165) is 13.0 Å². The van der Waals surface area contributed by atoms with Crippen molar-refractivity contribution in [3.05, 3.63) is 11.6 Å². The van der Waals surface area contributed by atoms with E-state index in [4.69, 9.17) is 5.73 Å². The number of nitrogens with two attached hydrogens (primary N) is 1. The Morgan fingerprint density at radius 3 is 2.29 bits per heavy atom. The molecule has 0 aliphatic rings. The summed E-state index contributed by atoms with van der Waals surface area (Å²) in [5.74, 6) is -0.328. The van der Waals surface area contributed by atoms with Gasteiger partial charge in [0.2, 0.25) is 5.91 Å². The summed E-state index contributed by atoms with van der Waals surface area (Å²) in [4.78, 5) is 12.9. The number of amides is 1. The average molecular weight is 198 g/mol. The summed E-state index contributed by atoms with van der Waals surface area (Å²) in [7, 11) is 4.10. The van der Waals surface area contributed by atoms with Crippen LogP contribution < -0.4 is 5.73 Å². The van der Waals surface area contributed by atoms with Gasteiger partial charge in [0.25, 0.3) is 0 Å². The normalized spacial score (nSPS) is 13.4. The van der Waals surface area contributed by atoms with E-state index < -0.39 is 0 Å². The average Bonchev–Trinajstić information content (AvgIpc) is 1.97. The van der Waals surface area contributed by atoms with Crippen molar-refractivity contribution in [2.45, 2.75) is 27.2 Å². The Hall–Kier alpha value is -0.830. The van der Waals surface area contributed by atoms with Crippen molar-refractivity contribution < 1.29 is 4.79 Å². The summed E-state index contributed by atoms with van der Waals surface area (Å²) in [5.41, 5.74) is 5.98. The highest BCUT2D eigenvalue weighted by atomic mass is 16.1. The Morgan fingerprint density at radius 1 is 1.43 bits per heavy atom. The van der Waals surface area contributed by atoms with Crippen LogP contribution >= 0.6 is 0 Å². The van der Waals surface area contributed by atoms with E-state index >= 15 is 0 Å². The van der Waals surface area contributed by atoms with Gasteiger partial charge in [0, 0.05) is 12.1 Å². The molecule has 0 aliphatic carbocycles. The molecule has 82 valence electrons. The first-order chi connectivity index (χ1) is 6.24. The monoisotopic (exact) mass is 198 g/mol. The third kappa shape index (κ3) is 5.75. The lowest BCUT2D eigenvalue weighted by Crippen LogP contribution is -2.28. The Kier molecular flexibility index (Phi) is 4.85. The van der Waals surface area contributed by atoms with Crippen LogP contribution in [0.1, 0.15) is 27.2 Å². The van der Waals surface area contributed by atoms with Crippen molar-refractivity contribution in [2.24, 2.45) is 11.1 Å². The minimum Gasteiger partial charge on any atom is -0.366 e. The van der Waals surface area contributed by atoms with Gasteiger partial charge in [0.15, 0.2) is 0 Å². The second-order valence-electron chi connectivity index (χ2n) is 4.86. The van der Waals surface area contributed by atoms with Gasteiger partial charge in [0.05, 0.1) is 0 Å². The molecule has 0 saturated carbocycles. The molecule has 3 heteroatoms. The van der Waals surface area contributed by atoms with Gasteiger partial charge in [-0.15, -0.1) is 0 Å². The zero-order valence-corrected chi connectivity index (χ0v) is 9.92. The molecule has 0 heterocycles. The van der Waals surface area contributed by atoms with Crippen molar-refractivity contribution in [3.63, 3.8) is 0 Å². The first kappa shape index (κ1) is 13.2. The molecule has 0 fully saturated rings. The second-order valence-corrected chi connectivity index (χ2v) is 4.86. The van der Waals surface area contributed by atoms with Crippen LogP contribution in [0.5, 0.6) is 0 Å². The standard InChI is InChI=1S/C11H22N2O/c1-9(10(12)14)6-7-11(2,3)8-13(4)5/h6H,7-8H2,1-5H3,(H2,12,14). The van der Waals surface area contributed by atoms with E-state index in [2.05, 4.69) is 18.7 Å². The Labute approximate surface area is 87.0 Å². The maximum absolute atomic E-state index is 10.8. The Bertz CT molecular complexity index is 229. The number of allylic oxidation sites excluding steroid dienone is 1. The molecule has 0 saturated heterocycles. The van der Waals surface area contributed by atoms with Crippen LogP contribution in [-0.4, -0.2) is 31.4 Å². The molecule has 0 radical (unpaired) electrons. The van der Waals surface area contributed by atoms with Gasteiger partial charge in [0.1, 0.15) is 0 Å². The molecule has 0 aromatic carbocycles. The van der Waals surface area contributed by atoms with Crippen molar-refractivity contribution in [1.29, 1.82) is 0 Å². The summed E-state index contributed by atoms with van der Waals surface area (Å²) in [6, 6.07) is 0. The van der Waals surface area contributed by atoms with E-state index in [1.54, 1.807) is 6.92 Å². The molecule has 0 rings (SSSR count). The van der Waals surface area contributed by atoms with Gasteiger partial charge in [-0.25, -0.2) is 0 Å². The maximum Gasteiger partial charge on any atom is 0.244 e. The quantitative estimate of drug-likeness (QED) is 0.679. The molecule has 2 N–H and O–H groups in total. The molecule has 0 aromatic heterocycles. The summed E-state index contributed by atoms with van der Waals surface area (Å²) < 4.78 is 0. The molecule has 0 atom stereocenters. The number of nitrogens with zero attached hydrogens (tertiary/aromatic N) is 1. The Balaban J connectivity index is 4.23. The second kappa shape index (κ2) is 5.15.